The predicted octanol–water partition coefficient (Wildman–Crippen LogP) is 1.38. The zero-order valence-corrected chi connectivity index (χ0v) is 11.7. The standard InChI is InChI=1S/C13H24N4O/c1-4-13(3)10-17(8-5-7-14-13)9-6-12-15-11(2)16-18-12/h14H,4-10H2,1-3H3. The molecular formula is C13H24N4O. The van der Waals surface area contributed by atoms with Crippen LogP contribution in [0.2, 0.25) is 0 Å². The minimum atomic E-state index is 0.237. The molecule has 0 bridgehead atoms. The zero-order chi connectivity index (χ0) is 13.0. The van der Waals surface area contributed by atoms with E-state index in [0.29, 0.717) is 0 Å². The maximum absolute atomic E-state index is 5.16. The molecule has 0 spiro atoms. The molecule has 0 amide bonds. The Morgan fingerprint density at radius 3 is 3.00 bits per heavy atom. The maximum atomic E-state index is 5.16. The first-order chi connectivity index (χ1) is 8.61. The lowest BCUT2D eigenvalue weighted by atomic mass is 9.98. The Morgan fingerprint density at radius 2 is 2.33 bits per heavy atom. The summed E-state index contributed by atoms with van der Waals surface area (Å²) in [6, 6.07) is 0. The normalized spacial score (nSPS) is 26.2. The number of hydrogen-bond donors (Lipinski definition) is 1. The van der Waals surface area contributed by atoms with Crippen molar-refractivity contribution in [3.05, 3.63) is 11.7 Å². The van der Waals surface area contributed by atoms with Gasteiger partial charge in [-0.2, -0.15) is 4.98 Å². The van der Waals surface area contributed by atoms with E-state index in [9.17, 15) is 0 Å². The molecule has 1 aliphatic heterocycles. The van der Waals surface area contributed by atoms with Crippen molar-refractivity contribution in [2.24, 2.45) is 0 Å². The average molecular weight is 252 g/mol. The number of rotatable bonds is 4. The molecule has 1 saturated heterocycles. The summed E-state index contributed by atoms with van der Waals surface area (Å²) in [5, 5.41) is 7.47. The van der Waals surface area contributed by atoms with Gasteiger partial charge in [0.1, 0.15) is 0 Å². The van der Waals surface area contributed by atoms with E-state index in [1.54, 1.807) is 0 Å². The maximum Gasteiger partial charge on any atom is 0.227 e. The molecule has 0 aromatic carbocycles. The first-order valence-corrected chi connectivity index (χ1v) is 6.88. The zero-order valence-electron chi connectivity index (χ0n) is 11.7. The van der Waals surface area contributed by atoms with E-state index in [-0.39, 0.29) is 5.54 Å². The number of nitrogens with one attached hydrogen (secondary N) is 1. The third-order valence-corrected chi connectivity index (χ3v) is 3.77. The van der Waals surface area contributed by atoms with E-state index >= 15 is 0 Å². The summed E-state index contributed by atoms with van der Waals surface area (Å²) < 4.78 is 5.16. The largest absolute Gasteiger partial charge is 0.339 e. The Labute approximate surface area is 109 Å². The fourth-order valence-corrected chi connectivity index (χ4v) is 2.44. The molecule has 0 saturated carbocycles. The summed E-state index contributed by atoms with van der Waals surface area (Å²) >= 11 is 0. The summed E-state index contributed by atoms with van der Waals surface area (Å²) in [6.45, 7) is 10.8. The van der Waals surface area contributed by atoms with Crippen LogP contribution in [0.1, 0.15) is 38.4 Å². The molecule has 1 atom stereocenters. The van der Waals surface area contributed by atoms with E-state index < -0.39 is 0 Å². The van der Waals surface area contributed by atoms with Gasteiger partial charge < -0.3 is 14.7 Å². The smallest absolute Gasteiger partial charge is 0.227 e. The van der Waals surface area contributed by atoms with Gasteiger partial charge in [-0.25, -0.2) is 0 Å². The third kappa shape index (κ3) is 3.53. The van der Waals surface area contributed by atoms with Crippen molar-refractivity contribution in [3.8, 4) is 0 Å². The van der Waals surface area contributed by atoms with Gasteiger partial charge in [0.05, 0.1) is 0 Å². The highest BCUT2D eigenvalue weighted by Gasteiger charge is 2.26. The number of nitrogens with zero attached hydrogens (tertiary/aromatic N) is 3. The van der Waals surface area contributed by atoms with E-state index in [2.05, 4.69) is 34.2 Å². The second kappa shape index (κ2) is 5.80. The fourth-order valence-electron chi connectivity index (χ4n) is 2.44. The number of aryl methyl sites for hydroxylation is 1. The van der Waals surface area contributed by atoms with Crippen LogP contribution in [0, 0.1) is 6.92 Å². The van der Waals surface area contributed by atoms with Gasteiger partial charge in [0.2, 0.25) is 5.89 Å². The van der Waals surface area contributed by atoms with Crippen molar-refractivity contribution < 1.29 is 4.52 Å². The van der Waals surface area contributed by atoms with Gasteiger partial charge in [-0.05, 0) is 39.8 Å². The van der Waals surface area contributed by atoms with Crippen molar-refractivity contribution in [2.45, 2.75) is 45.6 Å². The Hall–Kier alpha value is -0.940. The second-order valence-corrected chi connectivity index (χ2v) is 5.46. The highest BCUT2D eigenvalue weighted by Crippen LogP contribution is 2.15. The van der Waals surface area contributed by atoms with Gasteiger partial charge in [-0.15, -0.1) is 0 Å². The van der Waals surface area contributed by atoms with Crippen LogP contribution in [0.3, 0.4) is 0 Å². The Balaban J connectivity index is 1.87. The predicted molar refractivity (Wildman–Crippen MR) is 70.5 cm³/mol. The molecule has 1 aromatic heterocycles. The third-order valence-electron chi connectivity index (χ3n) is 3.77. The van der Waals surface area contributed by atoms with E-state index in [1.807, 2.05) is 6.92 Å². The summed E-state index contributed by atoms with van der Waals surface area (Å²) in [6.07, 6.45) is 3.21. The Morgan fingerprint density at radius 1 is 1.50 bits per heavy atom. The topological polar surface area (TPSA) is 54.2 Å². The van der Waals surface area contributed by atoms with Crippen molar-refractivity contribution in [1.29, 1.82) is 0 Å². The number of hydrogen-bond acceptors (Lipinski definition) is 5. The van der Waals surface area contributed by atoms with Gasteiger partial charge in [0, 0.05) is 25.0 Å². The van der Waals surface area contributed by atoms with Crippen LogP contribution in [0.25, 0.3) is 0 Å². The monoisotopic (exact) mass is 252 g/mol. The van der Waals surface area contributed by atoms with Crippen molar-refractivity contribution in [3.63, 3.8) is 0 Å². The molecule has 0 radical (unpaired) electrons. The molecule has 1 N–H and O–H groups in total. The molecule has 2 rings (SSSR count). The summed E-state index contributed by atoms with van der Waals surface area (Å²) in [7, 11) is 0. The highest BCUT2D eigenvalue weighted by atomic mass is 16.5. The molecule has 0 aliphatic carbocycles. The molecule has 2 heterocycles. The lowest BCUT2D eigenvalue weighted by Gasteiger charge is -2.32. The van der Waals surface area contributed by atoms with Gasteiger partial charge in [0.25, 0.3) is 0 Å². The lowest BCUT2D eigenvalue weighted by molar-refractivity contribution is 0.211. The molecule has 1 unspecified atom stereocenters. The van der Waals surface area contributed by atoms with Crippen LogP contribution < -0.4 is 5.32 Å². The quantitative estimate of drug-likeness (QED) is 0.877. The van der Waals surface area contributed by atoms with Crippen LogP contribution in [0.15, 0.2) is 4.52 Å². The fraction of sp³-hybridized carbons (Fsp3) is 0.846. The highest BCUT2D eigenvalue weighted by molar-refractivity contribution is 4.89. The van der Waals surface area contributed by atoms with Crippen molar-refractivity contribution >= 4 is 0 Å². The molecule has 1 aromatic rings. The van der Waals surface area contributed by atoms with Crippen LogP contribution >= 0.6 is 0 Å². The van der Waals surface area contributed by atoms with Crippen molar-refractivity contribution in [2.75, 3.05) is 26.2 Å². The molecule has 5 nitrogen and oxygen atoms in total. The summed E-state index contributed by atoms with van der Waals surface area (Å²) in [5.74, 6) is 1.48. The lowest BCUT2D eigenvalue weighted by Crippen LogP contribution is -2.48. The van der Waals surface area contributed by atoms with Gasteiger partial charge in [-0.3, -0.25) is 0 Å². The van der Waals surface area contributed by atoms with Gasteiger partial charge in [-0.1, -0.05) is 12.1 Å². The molecule has 1 fully saturated rings. The van der Waals surface area contributed by atoms with Gasteiger partial charge >= 0.3 is 0 Å². The van der Waals surface area contributed by atoms with E-state index in [0.717, 1.165) is 50.7 Å². The first-order valence-electron chi connectivity index (χ1n) is 6.88. The Kier molecular flexibility index (Phi) is 4.35. The SMILES string of the molecule is CCC1(C)CN(CCc2nc(C)no2)CCCN1. The van der Waals surface area contributed by atoms with Crippen molar-refractivity contribution in [1.82, 2.24) is 20.4 Å². The van der Waals surface area contributed by atoms with Crippen LogP contribution in [0.5, 0.6) is 0 Å². The van der Waals surface area contributed by atoms with Crippen LogP contribution in [-0.4, -0.2) is 46.8 Å². The van der Waals surface area contributed by atoms with Crippen LogP contribution in [0.4, 0.5) is 0 Å². The Bertz CT molecular complexity index is 379. The second-order valence-electron chi connectivity index (χ2n) is 5.46. The van der Waals surface area contributed by atoms with E-state index in [4.69, 9.17) is 4.52 Å². The summed E-state index contributed by atoms with van der Waals surface area (Å²) in [5.41, 5.74) is 0.237. The molecule has 18 heavy (non-hydrogen) atoms. The minimum absolute atomic E-state index is 0.237. The molecule has 102 valence electrons. The summed E-state index contributed by atoms with van der Waals surface area (Å²) in [4.78, 5) is 6.76. The molecule has 5 heteroatoms. The molecule has 1 aliphatic rings. The van der Waals surface area contributed by atoms with Gasteiger partial charge in [0.15, 0.2) is 5.82 Å². The minimum Gasteiger partial charge on any atom is -0.339 e. The average Bonchev–Trinajstić information content (AvgIpc) is 2.67. The van der Waals surface area contributed by atoms with Crippen LogP contribution in [-0.2, 0) is 6.42 Å². The number of aromatic nitrogens is 2. The first kappa shape index (κ1) is 13.5. The van der Waals surface area contributed by atoms with E-state index in [1.165, 1.54) is 6.42 Å². The molecular weight excluding hydrogens is 228 g/mol.